The molecular weight excluding hydrogens is 458 g/mol. The lowest BCUT2D eigenvalue weighted by Crippen LogP contribution is -2.47. The first-order chi connectivity index (χ1) is 16.3. The number of thiazole rings is 1. The zero-order valence-corrected chi connectivity index (χ0v) is 20.5. The van der Waals surface area contributed by atoms with Gasteiger partial charge in [-0.05, 0) is 26.2 Å². The number of piperidine rings is 1. The van der Waals surface area contributed by atoms with Gasteiger partial charge >= 0.3 is 6.09 Å². The Hall–Kier alpha value is -3.41. The fourth-order valence-corrected chi connectivity index (χ4v) is 4.78. The van der Waals surface area contributed by atoms with E-state index in [1.54, 1.807) is 22.7 Å². The molecule has 182 valence electrons. The summed E-state index contributed by atoms with van der Waals surface area (Å²) in [6, 6.07) is -0.0117. The molecule has 0 unspecified atom stereocenters. The van der Waals surface area contributed by atoms with Crippen molar-refractivity contribution in [3.05, 3.63) is 23.5 Å². The van der Waals surface area contributed by atoms with Crippen molar-refractivity contribution >= 4 is 34.0 Å². The van der Waals surface area contributed by atoms with Crippen LogP contribution in [0.5, 0.6) is 5.75 Å². The minimum absolute atomic E-state index is 0.107. The van der Waals surface area contributed by atoms with Gasteiger partial charge in [-0.25, -0.2) is 19.3 Å². The number of fused-ring (bicyclic) bond motifs is 1. The monoisotopic (exact) mass is 487 g/mol. The molecule has 3 aromatic heterocycles. The van der Waals surface area contributed by atoms with Gasteiger partial charge in [0.2, 0.25) is 0 Å². The van der Waals surface area contributed by atoms with Crippen LogP contribution in [0.4, 0.5) is 10.6 Å². The normalized spacial score (nSPS) is 15.4. The summed E-state index contributed by atoms with van der Waals surface area (Å²) in [6.45, 7) is 4.95. The van der Waals surface area contributed by atoms with E-state index in [2.05, 4.69) is 22.3 Å². The Balaban J connectivity index is 1.70. The van der Waals surface area contributed by atoms with Crippen molar-refractivity contribution in [3.63, 3.8) is 0 Å². The maximum absolute atomic E-state index is 13.6. The molecule has 1 atom stereocenters. The van der Waals surface area contributed by atoms with Crippen molar-refractivity contribution in [3.8, 4) is 17.1 Å². The largest absolute Gasteiger partial charge is 0.491 e. The Kier molecular flexibility index (Phi) is 6.87. The van der Waals surface area contributed by atoms with E-state index in [9.17, 15) is 14.7 Å². The van der Waals surface area contributed by atoms with Crippen molar-refractivity contribution in [2.45, 2.75) is 45.2 Å². The Morgan fingerprint density at radius 2 is 2.09 bits per heavy atom. The number of nitrogens with zero attached hydrogens (tertiary/aromatic N) is 6. The van der Waals surface area contributed by atoms with Crippen LogP contribution < -0.4 is 10.1 Å². The van der Waals surface area contributed by atoms with Gasteiger partial charge in [-0.3, -0.25) is 4.79 Å². The standard InChI is InChI=1S/C22H29N7O4S/c1-5-13(2)24-19-17(33-4)16(20(30)28-8-6-14(7-9-28)27(3)22(31)32)25-18(26-19)15-12-23-29-10-11-34-21(15)29/h10-14H,5-9H2,1-4H3,(H,31,32)(H,24,25,26)/t13-/m0/s1. The zero-order valence-electron chi connectivity index (χ0n) is 19.7. The Morgan fingerprint density at radius 1 is 1.35 bits per heavy atom. The maximum atomic E-state index is 13.6. The second kappa shape index (κ2) is 9.84. The van der Waals surface area contributed by atoms with E-state index in [0.29, 0.717) is 43.3 Å². The molecule has 0 radical (unpaired) electrons. The number of ether oxygens (including phenoxy) is 1. The molecule has 1 fully saturated rings. The summed E-state index contributed by atoms with van der Waals surface area (Å²) in [5, 5.41) is 18.9. The fraction of sp³-hybridized carbons (Fsp3) is 0.500. The number of hydrogen-bond acceptors (Lipinski definition) is 8. The first kappa shape index (κ1) is 23.7. The maximum Gasteiger partial charge on any atom is 0.407 e. The van der Waals surface area contributed by atoms with Crippen LogP contribution in [-0.2, 0) is 0 Å². The summed E-state index contributed by atoms with van der Waals surface area (Å²) < 4.78 is 7.38. The van der Waals surface area contributed by atoms with Crippen LogP contribution in [0.3, 0.4) is 0 Å². The molecule has 11 nitrogen and oxygen atoms in total. The van der Waals surface area contributed by atoms with Gasteiger partial charge in [-0.15, -0.1) is 11.3 Å². The van der Waals surface area contributed by atoms with Gasteiger partial charge in [0.15, 0.2) is 23.1 Å². The van der Waals surface area contributed by atoms with Crippen LogP contribution in [0.25, 0.3) is 16.2 Å². The highest BCUT2D eigenvalue weighted by Crippen LogP contribution is 2.33. The molecule has 1 aliphatic rings. The predicted molar refractivity (Wildman–Crippen MR) is 129 cm³/mol. The lowest BCUT2D eigenvalue weighted by molar-refractivity contribution is 0.0635. The van der Waals surface area contributed by atoms with Gasteiger partial charge in [0.1, 0.15) is 4.83 Å². The third-order valence-electron chi connectivity index (χ3n) is 6.24. The molecule has 34 heavy (non-hydrogen) atoms. The molecule has 2 N–H and O–H groups in total. The van der Waals surface area contributed by atoms with Gasteiger partial charge < -0.3 is 25.0 Å². The summed E-state index contributed by atoms with van der Waals surface area (Å²) in [5.41, 5.74) is 0.917. The lowest BCUT2D eigenvalue weighted by atomic mass is 10.0. The second-order valence-corrected chi connectivity index (χ2v) is 9.25. The van der Waals surface area contributed by atoms with E-state index >= 15 is 0 Å². The number of methoxy groups -OCH3 is 1. The second-order valence-electron chi connectivity index (χ2n) is 8.36. The molecule has 3 aromatic rings. The molecule has 0 aliphatic carbocycles. The fourth-order valence-electron chi connectivity index (χ4n) is 3.99. The Labute approximate surface area is 201 Å². The number of rotatable bonds is 7. The Bertz CT molecular complexity index is 1190. The number of carboxylic acid groups (broad SMARTS) is 1. The number of likely N-dealkylation sites (tertiary alicyclic amines) is 1. The van der Waals surface area contributed by atoms with Crippen molar-refractivity contribution in [2.75, 3.05) is 32.6 Å². The number of aromatic nitrogens is 4. The van der Waals surface area contributed by atoms with Gasteiger partial charge in [-0.1, -0.05) is 6.92 Å². The summed E-state index contributed by atoms with van der Waals surface area (Å²) in [4.78, 5) is 38.2. The molecule has 1 saturated heterocycles. The van der Waals surface area contributed by atoms with Gasteiger partial charge in [0, 0.05) is 43.8 Å². The number of carbonyl (C=O) groups is 2. The van der Waals surface area contributed by atoms with Crippen LogP contribution in [0.1, 0.15) is 43.6 Å². The number of amides is 2. The van der Waals surface area contributed by atoms with Gasteiger partial charge in [0.25, 0.3) is 5.91 Å². The average Bonchev–Trinajstić information content (AvgIpc) is 3.46. The highest BCUT2D eigenvalue weighted by atomic mass is 32.1. The smallest absolute Gasteiger partial charge is 0.407 e. The van der Waals surface area contributed by atoms with E-state index in [1.807, 2.05) is 18.5 Å². The molecule has 4 heterocycles. The van der Waals surface area contributed by atoms with E-state index in [1.165, 1.54) is 23.3 Å². The van der Waals surface area contributed by atoms with Crippen LogP contribution in [0.15, 0.2) is 17.8 Å². The Morgan fingerprint density at radius 3 is 2.74 bits per heavy atom. The molecule has 0 bridgehead atoms. The predicted octanol–water partition coefficient (Wildman–Crippen LogP) is 3.29. The zero-order chi connectivity index (χ0) is 24.4. The van der Waals surface area contributed by atoms with E-state index in [-0.39, 0.29) is 23.7 Å². The van der Waals surface area contributed by atoms with E-state index < -0.39 is 6.09 Å². The number of anilines is 1. The summed E-state index contributed by atoms with van der Waals surface area (Å²) >= 11 is 1.52. The van der Waals surface area contributed by atoms with Crippen LogP contribution >= 0.6 is 11.3 Å². The summed E-state index contributed by atoms with van der Waals surface area (Å²) in [6.07, 6.45) is 4.57. The summed E-state index contributed by atoms with van der Waals surface area (Å²) in [5.74, 6) is 0.890. The topological polar surface area (TPSA) is 125 Å². The highest BCUT2D eigenvalue weighted by Gasteiger charge is 2.31. The van der Waals surface area contributed by atoms with E-state index in [4.69, 9.17) is 9.72 Å². The first-order valence-electron chi connectivity index (χ1n) is 11.2. The molecule has 0 spiro atoms. The molecule has 0 aromatic carbocycles. The molecule has 4 rings (SSSR count). The minimum Gasteiger partial charge on any atom is -0.491 e. The van der Waals surface area contributed by atoms with E-state index in [0.717, 1.165) is 16.8 Å². The third-order valence-corrected chi connectivity index (χ3v) is 7.13. The molecule has 2 amide bonds. The minimum atomic E-state index is -0.964. The SMILES string of the molecule is CC[C@H](C)Nc1nc(-c2cnn3ccsc23)nc(C(=O)N2CCC(N(C)C(=O)O)CC2)c1OC. The number of nitrogens with one attached hydrogen (secondary N) is 1. The average molecular weight is 488 g/mol. The first-order valence-corrected chi connectivity index (χ1v) is 12.1. The summed E-state index contributed by atoms with van der Waals surface area (Å²) in [7, 11) is 3.07. The number of hydrogen-bond donors (Lipinski definition) is 2. The van der Waals surface area contributed by atoms with Crippen molar-refractivity contribution in [1.82, 2.24) is 29.4 Å². The van der Waals surface area contributed by atoms with Crippen molar-refractivity contribution in [2.24, 2.45) is 0 Å². The lowest BCUT2D eigenvalue weighted by Gasteiger charge is -2.35. The van der Waals surface area contributed by atoms with Crippen LogP contribution in [0.2, 0.25) is 0 Å². The number of carbonyl (C=O) groups excluding carboxylic acids is 1. The van der Waals surface area contributed by atoms with Crippen LogP contribution in [-0.4, -0.2) is 85.8 Å². The van der Waals surface area contributed by atoms with Crippen LogP contribution in [0, 0.1) is 0 Å². The van der Waals surface area contributed by atoms with Gasteiger partial charge in [-0.2, -0.15) is 5.10 Å². The quantitative estimate of drug-likeness (QED) is 0.520. The molecule has 0 saturated carbocycles. The molecular formula is C22H29N7O4S. The molecule has 1 aliphatic heterocycles. The van der Waals surface area contributed by atoms with Crippen molar-refractivity contribution in [1.29, 1.82) is 0 Å². The van der Waals surface area contributed by atoms with Gasteiger partial charge in [0.05, 0.1) is 18.9 Å². The third kappa shape index (κ3) is 4.49. The van der Waals surface area contributed by atoms with Crippen molar-refractivity contribution < 1.29 is 19.4 Å². The highest BCUT2D eigenvalue weighted by molar-refractivity contribution is 7.16. The molecule has 12 heteroatoms.